The lowest BCUT2D eigenvalue weighted by Crippen LogP contribution is -2.05. The van der Waals surface area contributed by atoms with Crippen LogP contribution >= 0.6 is 0 Å². The Morgan fingerprint density at radius 1 is 1.06 bits per heavy atom. The van der Waals surface area contributed by atoms with Gasteiger partial charge >= 0.3 is 5.97 Å². The lowest BCUT2D eigenvalue weighted by atomic mass is 10.1. The molecule has 0 aliphatic rings. The van der Waals surface area contributed by atoms with Crippen LogP contribution in [0, 0.1) is 17.5 Å². The van der Waals surface area contributed by atoms with Crippen LogP contribution in [-0.4, -0.2) is 16.1 Å². The third kappa shape index (κ3) is 2.04. The van der Waals surface area contributed by atoms with Crippen molar-refractivity contribution in [3.05, 3.63) is 53.5 Å². The van der Waals surface area contributed by atoms with Crippen LogP contribution in [0.4, 0.5) is 13.2 Å². The first kappa shape index (κ1) is 12.1. The first-order valence-electron chi connectivity index (χ1n) is 4.85. The number of carbonyl (C=O) groups is 1. The van der Waals surface area contributed by atoms with Gasteiger partial charge in [-0.15, -0.1) is 0 Å². The van der Waals surface area contributed by atoms with Gasteiger partial charge in [-0.1, -0.05) is 6.07 Å². The minimum Gasteiger partial charge on any atom is -0.476 e. The molecular formula is C12H6F3NO2. The lowest BCUT2D eigenvalue weighted by molar-refractivity contribution is 0.0685. The van der Waals surface area contributed by atoms with Gasteiger partial charge in [-0.25, -0.2) is 22.9 Å². The molecule has 0 atom stereocenters. The molecule has 0 aliphatic heterocycles. The molecule has 3 nitrogen and oxygen atoms in total. The summed E-state index contributed by atoms with van der Waals surface area (Å²) < 4.78 is 39.6. The molecule has 0 radical (unpaired) electrons. The third-order valence-electron chi connectivity index (χ3n) is 2.28. The molecule has 2 aromatic rings. The van der Waals surface area contributed by atoms with E-state index < -0.39 is 29.1 Å². The number of aromatic nitrogens is 1. The first-order valence-corrected chi connectivity index (χ1v) is 4.85. The Kier molecular flexibility index (Phi) is 3.01. The van der Waals surface area contributed by atoms with Gasteiger partial charge in [0.05, 0.1) is 5.69 Å². The molecule has 2 rings (SSSR count). The second-order valence-electron chi connectivity index (χ2n) is 3.43. The second kappa shape index (κ2) is 4.48. The SMILES string of the molecule is O=C(O)c1nc(-c2cccc(F)c2F)ccc1F. The van der Waals surface area contributed by atoms with Gasteiger partial charge < -0.3 is 5.11 Å². The number of carboxylic acid groups (broad SMARTS) is 1. The van der Waals surface area contributed by atoms with Gasteiger partial charge in [0.2, 0.25) is 0 Å². The van der Waals surface area contributed by atoms with E-state index >= 15 is 0 Å². The fraction of sp³-hybridized carbons (Fsp3) is 0. The average molecular weight is 253 g/mol. The van der Waals surface area contributed by atoms with Crippen LogP contribution in [0.2, 0.25) is 0 Å². The van der Waals surface area contributed by atoms with Crippen LogP contribution in [0.25, 0.3) is 11.3 Å². The highest BCUT2D eigenvalue weighted by Crippen LogP contribution is 2.23. The maximum atomic E-state index is 13.5. The predicted octanol–water partition coefficient (Wildman–Crippen LogP) is 2.86. The summed E-state index contributed by atoms with van der Waals surface area (Å²) in [5, 5.41) is 8.69. The highest BCUT2D eigenvalue weighted by molar-refractivity contribution is 5.86. The van der Waals surface area contributed by atoms with Crippen molar-refractivity contribution in [1.29, 1.82) is 0 Å². The van der Waals surface area contributed by atoms with Crippen molar-refractivity contribution < 1.29 is 23.1 Å². The standard InChI is InChI=1S/C12H6F3NO2/c13-7-3-1-2-6(10(7)15)9-5-4-8(14)11(16-9)12(17)18/h1-5H,(H,17,18). The quantitative estimate of drug-likeness (QED) is 0.895. The van der Waals surface area contributed by atoms with E-state index in [1.54, 1.807) is 0 Å². The summed E-state index contributed by atoms with van der Waals surface area (Å²) in [4.78, 5) is 14.1. The van der Waals surface area contributed by atoms with Gasteiger partial charge in [-0.3, -0.25) is 0 Å². The number of aromatic carboxylic acids is 1. The number of rotatable bonds is 2. The van der Waals surface area contributed by atoms with E-state index in [9.17, 15) is 18.0 Å². The predicted molar refractivity (Wildman–Crippen MR) is 56.5 cm³/mol. The van der Waals surface area contributed by atoms with Gasteiger partial charge in [0.1, 0.15) is 0 Å². The monoisotopic (exact) mass is 253 g/mol. The Labute approximate surface area is 99.5 Å². The minimum absolute atomic E-state index is 0.147. The zero-order chi connectivity index (χ0) is 13.3. The lowest BCUT2D eigenvalue weighted by Gasteiger charge is -2.05. The largest absolute Gasteiger partial charge is 0.476 e. The molecule has 18 heavy (non-hydrogen) atoms. The molecule has 0 aliphatic carbocycles. The summed E-state index contributed by atoms with van der Waals surface area (Å²) in [7, 11) is 0. The van der Waals surface area contributed by atoms with Gasteiger partial charge in [-0.2, -0.15) is 0 Å². The van der Waals surface area contributed by atoms with Crippen molar-refractivity contribution in [2.75, 3.05) is 0 Å². The van der Waals surface area contributed by atoms with Gasteiger partial charge in [0.25, 0.3) is 0 Å². The molecule has 1 N–H and O–H groups in total. The Hall–Kier alpha value is -2.37. The van der Waals surface area contributed by atoms with E-state index in [4.69, 9.17) is 5.11 Å². The van der Waals surface area contributed by atoms with Crippen molar-refractivity contribution in [1.82, 2.24) is 4.98 Å². The Bertz CT molecular complexity index is 629. The van der Waals surface area contributed by atoms with Crippen LogP contribution in [-0.2, 0) is 0 Å². The smallest absolute Gasteiger partial charge is 0.357 e. The van der Waals surface area contributed by atoms with E-state index in [2.05, 4.69) is 4.98 Å². The van der Waals surface area contributed by atoms with Crippen molar-refractivity contribution in [2.24, 2.45) is 0 Å². The van der Waals surface area contributed by atoms with Crippen molar-refractivity contribution in [3.63, 3.8) is 0 Å². The van der Waals surface area contributed by atoms with E-state index in [1.807, 2.05) is 0 Å². The molecule has 1 aromatic carbocycles. The van der Waals surface area contributed by atoms with E-state index in [0.29, 0.717) is 0 Å². The van der Waals surface area contributed by atoms with Crippen LogP contribution in [0.15, 0.2) is 30.3 Å². The number of carboxylic acids is 1. The van der Waals surface area contributed by atoms with Crippen LogP contribution in [0.5, 0.6) is 0 Å². The number of benzene rings is 1. The Balaban J connectivity index is 2.62. The molecule has 6 heteroatoms. The third-order valence-corrected chi connectivity index (χ3v) is 2.28. The fourth-order valence-corrected chi connectivity index (χ4v) is 1.44. The molecular weight excluding hydrogens is 247 g/mol. The van der Waals surface area contributed by atoms with Crippen LogP contribution in [0.1, 0.15) is 10.5 Å². The molecule has 0 amide bonds. The Morgan fingerprint density at radius 2 is 1.78 bits per heavy atom. The van der Waals surface area contributed by atoms with Gasteiger partial charge in [0.15, 0.2) is 23.1 Å². The fourth-order valence-electron chi connectivity index (χ4n) is 1.44. The average Bonchev–Trinajstić information content (AvgIpc) is 2.33. The van der Waals surface area contributed by atoms with E-state index in [-0.39, 0.29) is 11.3 Å². The first-order chi connectivity index (χ1) is 8.50. The summed E-state index contributed by atoms with van der Waals surface area (Å²) in [6, 6.07) is 5.32. The van der Waals surface area contributed by atoms with Crippen molar-refractivity contribution in [2.45, 2.75) is 0 Å². The number of hydrogen-bond donors (Lipinski definition) is 1. The molecule has 92 valence electrons. The molecule has 0 fully saturated rings. The molecule has 0 unspecified atom stereocenters. The summed E-state index contributed by atoms with van der Waals surface area (Å²) in [6.45, 7) is 0. The molecule has 1 aromatic heterocycles. The van der Waals surface area contributed by atoms with E-state index in [1.165, 1.54) is 12.1 Å². The highest BCUT2D eigenvalue weighted by Gasteiger charge is 2.16. The van der Waals surface area contributed by atoms with Crippen molar-refractivity contribution in [3.8, 4) is 11.3 Å². The Morgan fingerprint density at radius 3 is 2.44 bits per heavy atom. The zero-order valence-corrected chi connectivity index (χ0v) is 8.82. The number of nitrogens with zero attached hydrogens (tertiary/aromatic N) is 1. The topological polar surface area (TPSA) is 50.2 Å². The summed E-state index contributed by atoms with van der Waals surface area (Å²) >= 11 is 0. The number of pyridine rings is 1. The van der Waals surface area contributed by atoms with Crippen LogP contribution in [0.3, 0.4) is 0 Å². The molecule has 0 bridgehead atoms. The minimum atomic E-state index is -1.58. The van der Waals surface area contributed by atoms with Gasteiger partial charge in [-0.05, 0) is 24.3 Å². The summed E-state index contributed by atoms with van der Waals surface area (Å²) in [5.41, 5.74) is -1.21. The maximum Gasteiger partial charge on any atom is 0.357 e. The normalized spacial score (nSPS) is 10.4. The molecule has 0 saturated heterocycles. The molecule has 0 spiro atoms. The highest BCUT2D eigenvalue weighted by atomic mass is 19.2. The molecule has 0 saturated carbocycles. The van der Waals surface area contributed by atoms with Gasteiger partial charge in [0, 0.05) is 5.56 Å². The van der Waals surface area contributed by atoms with Crippen LogP contribution < -0.4 is 0 Å². The molecule has 1 heterocycles. The summed E-state index contributed by atoms with van der Waals surface area (Å²) in [5.74, 6) is -4.86. The van der Waals surface area contributed by atoms with Crippen molar-refractivity contribution >= 4 is 5.97 Å². The maximum absolute atomic E-state index is 13.5. The zero-order valence-electron chi connectivity index (χ0n) is 8.82. The number of halogens is 3. The number of hydrogen-bond acceptors (Lipinski definition) is 2. The second-order valence-corrected chi connectivity index (χ2v) is 3.43. The van der Waals surface area contributed by atoms with E-state index in [0.717, 1.165) is 18.2 Å². The summed E-state index contributed by atoms with van der Waals surface area (Å²) in [6.07, 6.45) is 0.